The summed E-state index contributed by atoms with van der Waals surface area (Å²) in [6.07, 6.45) is 3.80. The Balaban J connectivity index is 0.000000606. The van der Waals surface area contributed by atoms with Crippen molar-refractivity contribution < 1.29 is 9.53 Å². The standard InChI is InChI=1S/C9H11N3O2.C2H6/c1-7-10-5-8(6-11-7)12-3-2-4-14-9(12)13;1-2/h5-6H,2-4H2,1H3;1-2H3. The van der Waals surface area contributed by atoms with E-state index in [2.05, 4.69) is 9.97 Å². The Morgan fingerprint density at radius 3 is 2.50 bits per heavy atom. The van der Waals surface area contributed by atoms with Gasteiger partial charge in [-0.25, -0.2) is 14.8 Å². The van der Waals surface area contributed by atoms with Gasteiger partial charge in [-0.15, -0.1) is 0 Å². The van der Waals surface area contributed by atoms with Gasteiger partial charge in [0.15, 0.2) is 0 Å². The van der Waals surface area contributed by atoms with Crippen LogP contribution >= 0.6 is 0 Å². The van der Waals surface area contributed by atoms with Gasteiger partial charge in [-0.2, -0.15) is 0 Å². The van der Waals surface area contributed by atoms with Gasteiger partial charge >= 0.3 is 6.09 Å². The summed E-state index contributed by atoms with van der Waals surface area (Å²) in [6, 6.07) is 0. The SMILES string of the molecule is CC.Cc1ncc(N2CCCOC2=O)cn1. The summed E-state index contributed by atoms with van der Waals surface area (Å²) < 4.78 is 4.91. The molecule has 0 N–H and O–H groups in total. The van der Waals surface area contributed by atoms with Gasteiger partial charge in [0.2, 0.25) is 0 Å². The lowest BCUT2D eigenvalue weighted by Crippen LogP contribution is -2.37. The molecule has 0 unspecified atom stereocenters. The van der Waals surface area contributed by atoms with E-state index in [-0.39, 0.29) is 6.09 Å². The fraction of sp³-hybridized carbons (Fsp3) is 0.545. The van der Waals surface area contributed by atoms with Crippen molar-refractivity contribution in [3.05, 3.63) is 18.2 Å². The lowest BCUT2D eigenvalue weighted by atomic mass is 10.3. The molecule has 0 aliphatic carbocycles. The molecule has 1 aromatic heterocycles. The third kappa shape index (κ3) is 2.92. The summed E-state index contributed by atoms with van der Waals surface area (Å²) in [6.45, 7) is 6.98. The summed E-state index contributed by atoms with van der Waals surface area (Å²) in [5.74, 6) is 0.694. The van der Waals surface area contributed by atoms with Crippen LogP contribution in [0.2, 0.25) is 0 Å². The van der Waals surface area contributed by atoms with Crippen LogP contribution in [0.4, 0.5) is 10.5 Å². The molecule has 2 heterocycles. The van der Waals surface area contributed by atoms with Crippen LogP contribution in [0.5, 0.6) is 0 Å². The number of carbonyl (C=O) groups excluding carboxylic acids is 1. The molecule has 1 aromatic rings. The van der Waals surface area contributed by atoms with Gasteiger partial charge < -0.3 is 4.74 Å². The lowest BCUT2D eigenvalue weighted by Gasteiger charge is -2.25. The molecular formula is C11H17N3O2. The van der Waals surface area contributed by atoms with Crippen LogP contribution in [0.15, 0.2) is 12.4 Å². The van der Waals surface area contributed by atoms with Crippen molar-refractivity contribution in [3.63, 3.8) is 0 Å². The van der Waals surface area contributed by atoms with Crippen LogP contribution in [0, 0.1) is 6.92 Å². The number of carbonyl (C=O) groups is 1. The molecule has 0 aromatic carbocycles. The number of amides is 1. The summed E-state index contributed by atoms with van der Waals surface area (Å²) in [5, 5.41) is 0. The zero-order valence-corrected chi connectivity index (χ0v) is 9.93. The van der Waals surface area contributed by atoms with Crippen molar-refractivity contribution >= 4 is 11.8 Å². The van der Waals surface area contributed by atoms with Gasteiger partial charge in [0.25, 0.3) is 0 Å². The van der Waals surface area contributed by atoms with Crippen LogP contribution < -0.4 is 4.90 Å². The molecular weight excluding hydrogens is 206 g/mol. The van der Waals surface area contributed by atoms with Crippen molar-refractivity contribution in [2.24, 2.45) is 0 Å². The number of nitrogens with zero attached hydrogens (tertiary/aromatic N) is 3. The smallest absolute Gasteiger partial charge is 0.414 e. The molecule has 1 fully saturated rings. The van der Waals surface area contributed by atoms with Gasteiger partial charge in [0.1, 0.15) is 5.82 Å². The molecule has 88 valence electrons. The van der Waals surface area contributed by atoms with E-state index in [1.807, 2.05) is 13.8 Å². The van der Waals surface area contributed by atoms with Crippen molar-refractivity contribution in [3.8, 4) is 0 Å². The monoisotopic (exact) mass is 223 g/mol. The van der Waals surface area contributed by atoms with Crippen molar-refractivity contribution in [2.45, 2.75) is 27.2 Å². The second-order valence-corrected chi connectivity index (χ2v) is 3.11. The first kappa shape index (κ1) is 12.4. The maximum Gasteiger partial charge on any atom is 0.414 e. The first-order valence-electron chi connectivity index (χ1n) is 5.50. The van der Waals surface area contributed by atoms with Gasteiger partial charge in [-0.05, 0) is 13.3 Å². The number of aryl methyl sites for hydroxylation is 1. The molecule has 5 nitrogen and oxygen atoms in total. The molecule has 0 radical (unpaired) electrons. The Kier molecular flexibility index (Phi) is 4.69. The normalized spacial score (nSPS) is 14.9. The maximum absolute atomic E-state index is 11.3. The predicted molar refractivity (Wildman–Crippen MR) is 61.4 cm³/mol. The highest BCUT2D eigenvalue weighted by Gasteiger charge is 2.21. The molecule has 1 aliphatic heterocycles. The van der Waals surface area contributed by atoms with Crippen LogP contribution in [0.3, 0.4) is 0 Å². The first-order chi connectivity index (χ1) is 7.77. The molecule has 2 rings (SSSR count). The number of ether oxygens (including phenoxy) is 1. The Bertz CT molecular complexity index is 338. The fourth-order valence-corrected chi connectivity index (χ4v) is 1.31. The quantitative estimate of drug-likeness (QED) is 0.732. The number of rotatable bonds is 1. The average Bonchev–Trinajstić information content (AvgIpc) is 2.34. The molecule has 0 bridgehead atoms. The summed E-state index contributed by atoms with van der Waals surface area (Å²) >= 11 is 0. The molecule has 1 amide bonds. The van der Waals surface area contributed by atoms with E-state index in [9.17, 15) is 4.79 Å². The van der Waals surface area contributed by atoms with E-state index in [0.717, 1.165) is 6.42 Å². The van der Waals surface area contributed by atoms with Crippen LogP contribution in [-0.2, 0) is 4.74 Å². The minimum Gasteiger partial charge on any atom is -0.449 e. The van der Waals surface area contributed by atoms with Gasteiger partial charge in [-0.3, -0.25) is 4.90 Å². The highest BCUT2D eigenvalue weighted by Crippen LogP contribution is 2.15. The van der Waals surface area contributed by atoms with Gasteiger partial charge in [0, 0.05) is 6.54 Å². The largest absolute Gasteiger partial charge is 0.449 e. The molecule has 5 heteroatoms. The third-order valence-corrected chi connectivity index (χ3v) is 2.05. The van der Waals surface area contributed by atoms with Crippen LogP contribution in [0.1, 0.15) is 26.1 Å². The Hall–Kier alpha value is -1.65. The van der Waals surface area contributed by atoms with E-state index in [0.29, 0.717) is 24.7 Å². The summed E-state index contributed by atoms with van der Waals surface area (Å²) in [7, 11) is 0. The minimum atomic E-state index is -0.316. The number of cyclic esters (lactones) is 1. The maximum atomic E-state index is 11.3. The predicted octanol–water partition coefficient (Wildman–Crippen LogP) is 2.16. The number of hydrogen-bond acceptors (Lipinski definition) is 4. The number of aromatic nitrogens is 2. The topological polar surface area (TPSA) is 55.3 Å². The minimum absolute atomic E-state index is 0.316. The Morgan fingerprint density at radius 2 is 1.94 bits per heavy atom. The summed E-state index contributed by atoms with van der Waals surface area (Å²) in [5.41, 5.74) is 0.695. The zero-order chi connectivity index (χ0) is 12.0. The van der Waals surface area contributed by atoms with Crippen molar-refractivity contribution in [2.75, 3.05) is 18.1 Å². The molecule has 1 saturated heterocycles. The van der Waals surface area contributed by atoms with Crippen molar-refractivity contribution in [1.29, 1.82) is 0 Å². The van der Waals surface area contributed by atoms with Crippen LogP contribution in [0.25, 0.3) is 0 Å². The van der Waals surface area contributed by atoms with E-state index in [1.54, 1.807) is 24.2 Å². The van der Waals surface area contributed by atoms with E-state index in [1.165, 1.54) is 0 Å². The first-order valence-corrected chi connectivity index (χ1v) is 5.50. The molecule has 0 spiro atoms. The van der Waals surface area contributed by atoms with Gasteiger partial charge in [0.05, 0.1) is 24.7 Å². The van der Waals surface area contributed by atoms with Gasteiger partial charge in [-0.1, -0.05) is 13.8 Å². The molecule has 16 heavy (non-hydrogen) atoms. The van der Waals surface area contributed by atoms with E-state index < -0.39 is 0 Å². The third-order valence-electron chi connectivity index (χ3n) is 2.05. The van der Waals surface area contributed by atoms with Crippen LogP contribution in [-0.4, -0.2) is 29.2 Å². The molecule has 1 aliphatic rings. The highest BCUT2D eigenvalue weighted by atomic mass is 16.6. The average molecular weight is 223 g/mol. The second-order valence-electron chi connectivity index (χ2n) is 3.11. The van der Waals surface area contributed by atoms with Crippen molar-refractivity contribution in [1.82, 2.24) is 9.97 Å². The highest BCUT2D eigenvalue weighted by molar-refractivity contribution is 5.87. The van der Waals surface area contributed by atoms with E-state index in [4.69, 9.17) is 4.74 Å². The summed E-state index contributed by atoms with van der Waals surface area (Å²) in [4.78, 5) is 20.9. The van der Waals surface area contributed by atoms with E-state index >= 15 is 0 Å². The Morgan fingerprint density at radius 1 is 1.31 bits per heavy atom. The number of hydrogen-bond donors (Lipinski definition) is 0. The fourth-order valence-electron chi connectivity index (χ4n) is 1.31. The molecule has 0 saturated carbocycles. The zero-order valence-electron chi connectivity index (χ0n) is 9.93. The lowest BCUT2D eigenvalue weighted by molar-refractivity contribution is 0.140. The Labute approximate surface area is 95.5 Å². The number of anilines is 1. The second kappa shape index (κ2) is 6.05. The molecule has 0 atom stereocenters.